The Hall–Kier alpha value is -9.90. The van der Waals surface area contributed by atoms with Crippen molar-refractivity contribution < 1.29 is 0 Å². The molecule has 3 aliphatic rings. The topological polar surface area (TPSA) is 9.72 Å². The fraction of sp³-hybridized carbons (Fsp3) is 0.258. The van der Waals surface area contributed by atoms with Crippen molar-refractivity contribution in [2.75, 3.05) is 14.7 Å². The fourth-order valence-electron chi connectivity index (χ4n) is 16.1. The van der Waals surface area contributed by atoms with E-state index < -0.39 is 0 Å². The van der Waals surface area contributed by atoms with Crippen molar-refractivity contribution in [3.05, 3.63) is 294 Å². The average molecular weight is 1320 g/mol. The zero-order valence-electron chi connectivity index (χ0n) is 62.6. The summed E-state index contributed by atoms with van der Waals surface area (Å²) in [7, 11) is 0. The molecule has 12 aromatic carbocycles. The summed E-state index contributed by atoms with van der Waals surface area (Å²) in [5, 5.41) is 0. The second-order valence-corrected chi connectivity index (χ2v) is 34.5. The molecule has 0 aromatic heterocycles. The maximum atomic E-state index is 2.75. The van der Waals surface area contributed by atoms with Crippen molar-refractivity contribution in [2.45, 2.75) is 157 Å². The smallest absolute Gasteiger partial charge is 0.252 e. The van der Waals surface area contributed by atoms with E-state index in [1.807, 2.05) is 0 Å². The maximum Gasteiger partial charge on any atom is 0.252 e. The molecule has 504 valence electrons. The van der Waals surface area contributed by atoms with Gasteiger partial charge in [0.15, 0.2) is 0 Å². The quantitative estimate of drug-likeness (QED) is 0.126. The van der Waals surface area contributed by atoms with Crippen LogP contribution in [0.5, 0.6) is 0 Å². The Balaban J connectivity index is 1.15. The molecule has 0 radical (unpaired) electrons. The van der Waals surface area contributed by atoms with E-state index in [4.69, 9.17) is 0 Å². The third kappa shape index (κ3) is 12.2. The molecular weight excluding hydrogens is 1220 g/mol. The summed E-state index contributed by atoms with van der Waals surface area (Å²) in [6.07, 6.45) is 0.943. The van der Waals surface area contributed by atoms with Crippen molar-refractivity contribution in [2.24, 2.45) is 5.92 Å². The van der Waals surface area contributed by atoms with Crippen LogP contribution >= 0.6 is 0 Å². The molecular formula is C97H98BN3. The SMILES string of the molecule is CC(C)C1Cc2cc(C(C)(C)C)ccc2N1c1cc2c3c(c1)N(c1c(-c4ccccc4)cccc1-c1ccccc1)c1cc(-c4cc(C(C)(C)C)cc(C(C)(C)C)c4)ccc1B3c1cc(-c3cc(C(C)(C)C)cc(C(C)(C)C)c3)ccc1N2c1c(-c2ccccc2)cccc1-c1ccccc1. The van der Waals surface area contributed by atoms with Crippen molar-refractivity contribution in [3.63, 3.8) is 0 Å². The Kier molecular flexibility index (Phi) is 16.6. The Bertz CT molecular complexity index is 4960. The van der Waals surface area contributed by atoms with E-state index in [1.165, 1.54) is 112 Å². The molecule has 3 aliphatic heterocycles. The van der Waals surface area contributed by atoms with Gasteiger partial charge in [-0.2, -0.15) is 0 Å². The largest absolute Gasteiger partial charge is 0.337 e. The van der Waals surface area contributed by atoms with Crippen LogP contribution in [0.4, 0.5) is 45.5 Å². The minimum Gasteiger partial charge on any atom is -0.337 e. The van der Waals surface area contributed by atoms with Crippen molar-refractivity contribution in [3.8, 4) is 66.8 Å². The van der Waals surface area contributed by atoms with Gasteiger partial charge in [0.1, 0.15) is 0 Å². The fourth-order valence-corrected chi connectivity index (χ4v) is 16.1. The predicted octanol–water partition coefficient (Wildman–Crippen LogP) is 25.0. The molecule has 1 unspecified atom stereocenters. The summed E-state index contributed by atoms with van der Waals surface area (Å²) in [6.45, 7) is 40.0. The molecule has 4 heteroatoms. The van der Waals surface area contributed by atoms with Gasteiger partial charge in [-0.05, 0) is 164 Å². The summed E-state index contributed by atoms with van der Waals surface area (Å²) < 4.78 is 0. The third-order valence-electron chi connectivity index (χ3n) is 21.9. The van der Waals surface area contributed by atoms with Crippen molar-refractivity contribution in [1.82, 2.24) is 0 Å². The first-order valence-corrected chi connectivity index (χ1v) is 36.9. The van der Waals surface area contributed by atoms with Crippen LogP contribution in [0.3, 0.4) is 0 Å². The first-order chi connectivity index (χ1) is 48.1. The lowest BCUT2D eigenvalue weighted by Gasteiger charge is -2.46. The van der Waals surface area contributed by atoms with E-state index in [0.717, 1.165) is 56.9 Å². The summed E-state index contributed by atoms with van der Waals surface area (Å²) in [5.41, 5.74) is 35.1. The molecule has 0 amide bonds. The summed E-state index contributed by atoms with van der Waals surface area (Å²) in [4.78, 5) is 8.23. The summed E-state index contributed by atoms with van der Waals surface area (Å²) in [5.74, 6) is 0.319. The van der Waals surface area contributed by atoms with Gasteiger partial charge in [0.05, 0.1) is 11.4 Å². The molecule has 0 spiro atoms. The van der Waals surface area contributed by atoms with Gasteiger partial charge in [-0.25, -0.2) is 0 Å². The predicted molar refractivity (Wildman–Crippen MR) is 437 cm³/mol. The number of rotatable bonds is 10. The molecule has 0 fully saturated rings. The van der Waals surface area contributed by atoms with Crippen LogP contribution in [0.15, 0.2) is 261 Å². The van der Waals surface area contributed by atoms with Crippen molar-refractivity contribution >= 4 is 68.6 Å². The standard InChI is InChI=1S/C97H98BN3/c1-62(2)86-57-71-54-72(93(3,4)5)46-49-84(71)99(86)77-60-88-90-89(61-77)101(92-80(65-36-26-20-27-37-65)42-31-43-81(92)66-38-28-21-29-39-66)87-56-68(70-52-75(96(12,13)14)59-76(53-70)97(15,16)17)44-47-82(87)98(90)83-55-67(69-50-73(94(6,7)8)58-74(51-69)95(9,10)11)45-48-85(83)100(88)91-78(63-32-22-18-23-33-63)40-30-41-79(91)64-34-24-19-25-35-64/h18-56,58-62,86H,57H2,1-17H3. The zero-order valence-corrected chi connectivity index (χ0v) is 62.6. The monoisotopic (exact) mass is 1320 g/mol. The summed E-state index contributed by atoms with van der Waals surface area (Å²) >= 11 is 0. The zero-order chi connectivity index (χ0) is 70.8. The minimum absolute atomic E-state index is 0.0147. The minimum atomic E-state index is -0.228. The third-order valence-corrected chi connectivity index (χ3v) is 21.9. The Labute approximate surface area is 603 Å². The maximum absolute atomic E-state index is 2.75. The van der Waals surface area contributed by atoms with Gasteiger partial charge in [-0.15, -0.1) is 0 Å². The number of anilines is 8. The Morgan fingerprint density at radius 1 is 0.297 bits per heavy atom. The van der Waals surface area contributed by atoms with Gasteiger partial charge in [0.25, 0.3) is 6.71 Å². The molecule has 0 N–H and O–H groups in total. The van der Waals surface area contributed by atoms with E-state index in [0.29, 0.717) is 5.92 Å². The molecule has 1 atom stereocenters. The van der Waals surface area contributed by atoms with Crippen LogP contribution in [0.25, 0.3) is 66.8 Å². The van der Waals surface area contributed by atoms with Crippen molar-refractivity contribution in [1.29, 1.82) is 0 Å². The first kappa shape index (κ1) is 67.0. The number of fused-ring (bicyclic) bond motifs is 5. The molecule has 0 bridgehead atoms. The van der Waals surface area contributed by atoms with Gasteiger partial charge in [0.2, 0.25) is 0 Å². The van der Waals surface area contributed by atoms with E-state index in [1.54, 1.807) is 0 Å². The van der Waals surface area contributed by atoms with Gasteiger partial charge in [-0.3, -0.25) is 0 Å². The van der Waals surface area contributed by atoms with E-state index >= 15 is 0 Å². The van der Waals surface area contributed by atoms with Gasteiger partial charge in [0, 0.05) is 62.4 Å². The lowest BCUT2D eigenvalue weighted by Crippen LogP contribution is -2.61. The Morgan fingerprint density at radius 3 is 1.07 bits per heavy atom. The molecule has 0 saturated heterocycles. The van der Waals surface area contributed by atoms with Crippen LogP contribution in [-0.4, -0.2) is 12.8 Å². The molecule has 0 saturated carbocycles. The van der Waals surface area contributed by atoms with Gasteiger partial charge >= 0.3 is 0 Å². The second-order valence-electron chi connectivity index (χ2n) is 34.5. The van der Waals surface area contributed by atoms with E-state index in [-0.39, 0.29) is 39.8 Å². The molecule has 0 aliphatic carbocycles. The van der Waals surface area contributed by atoms with Crippen LogP contribution < -0.4 is 31.1 Å². The second kappa shape index (κ2) is 25.0. The highest BCUT2D eigenvalue weighted by Gasteiger charge is 2.47. The number of nitrogens with zero attached hydrogens (tertiary/aromatic N) is 3. The lowest BCUT2D eigenvalue weighted by atomic mass is 9.33. The van der Waals surface area contributed by atoms with Crippen LogP contribution in [-0.2, 0) is 33.5 Å². The molecule has 3 nitrogen and oxygen atoms in total. The van der Waals surface area contributed by atoms with Crippen LogP contribution in [0, 0.1) is 5.92 Å². The van der Waals surface area contributed by atoms with Gasteiger partial charge < -0.3 is 14.7 Å². The van der Waals surface area contributed by atoms with Crippen LogP contribution in [0.2, 0.25) is 0 Å². The lowest BCUT2D eigenvalue weighted by molar-refractivity contribution is 0.502. The molecule has 12 aromatic rings. The van der Waals surface area contributed by atoms with Crippen LogP contribution in [0.1, 0.15) is 151 Å². The highest BCUT2D eigenvalue weighted by Crippen LogP contribution is 2.56. The molecule has 15 rings (SSSR count). The first-order valence-electron chi connectivity index (χ1n) is 36.9. The summed E-state index contributed by atoms with van der Waals surface area (Å²) in [6, 6.07) is 101. The number of benzene rings is 12. The van der Waals surface area contributed by atoms with E-state index in [9.17, 15) is 0 Å². The highest BCUT2D eigenvalue weighted by atomic mass is 15.2. The number of hydrogen-bond donors (Lipinski definition) is 0. The Morgan fingerprint density at radius 2 is 0.673 bits per heavy atom. The normalized spacial score (nSPS) is 14.5. The average Bonchev–Trinajstić information content (AvgIpc) is 0.763. The molecule has 101 heavy (non-hydrogen) atoms. The number of para-hydroxylation sites is 2. The molecule has 3 heterocycles. The van der Waals surface area contributed by atoms with Gasteiger partial charge in [-0.1, -0.05) is 348 Å². The number of hydrogen-bond acceptors (Lipinski definition) is 3. The van der Waals surface area contributed by atoms with E-state index in [2.05, 4.69) is 393 Å². The highest BCUT2D eigenvalue weighted by molar-refractivity contribution is 7.00.